The Kier molecular flexibility index (Phi) is 3.91. The van der Waals surface area contributed by atoms with E-state index >= 15 is 0 Å². The van der Waals surface area contributed by atoms with Gasteiger partial charge >= 0.3 is 0 Å². The van der Waals surface area contributed by atoms with Crippen molar-refractivity contribution in [1.82, 2.24) is 25.1 Å². The molecule has 7 heteroatoms. The van der Waals surface area contributed by atoms with Gasteiger partial charge in [-0.15, -0.1) is 5.10 Å². The second-order valence-electron chi connectivity index (χ2n) is 4.14. The summed E-state index contributed by atoms with van der Waals surface area (Å²) in [7, 11) is 0. The van der Waals surface area contributed by atoms with Crippen LogP contribution < -0.4 is 5.73 Å². The first-order valence-corrected chi connectivity index (χ1v) is 6.23. The van der Waals surface area contributed by atoms with Gasteiger partial charge in [-0.2, -0.15) is 4.98 Å². The third kappa shape index (κ3) is 2.66. The van der Waals surface area contributed by atoms with Crippen LogP contribution in [0.1, 0.15) is 44.1 Å². The van der Waals surface area contributed by atoms with Gasteiger partial charge < -0.3 is 10.3 Å². The first-order valence-electron chi connectivity index (χ1n) is 6.23. The average molecular weight is 250 g/mol. The lowest BCUT2D eigenvalue weighted by molar-refractivity contribution is 0.358. The van der Waals surface area contributed by atoms with Crippen molar-refractivity contribution in [3.8, 4) is 0 Å². The van der Waals surface area contributed by atoms with Crippen molar-refractivity contribution in [2.24, 2.45) is 0 Å². The molecule has 0 bridgehead atoms. The van der Waals surface area contributed by atoms with Gasteiger partial charge in [0.2, 0.25) is 5.89 Å². The monoisotopic (exact) mass is 250 g/mol. The molecular formula is C11H18N6O. The van der Waals surface area contributed by atoms with Gasteiger partial charge in [-0.1, -0.05) is 30.6 Å². The second kappa shape index (κ2) is 5.61. The number of rotatable bonds is 6. The minimum atomic E-state index is 0.423. The fraction of sp³-hybridized carbons (Fsp3) is 0.636. The molecule has 0 saturated carbocycles. The van der Waals surface area contributed by atoms with Crippen molar-refractivity contribution in [3.05, 3.63) is 17.4 Å². The maximum atomic E-state index is 5.72. The molecule has 0 aliphatic carbocycles. The van der Waals surface area contributed by atoms with E-state index in [1.807, 2.05) is 6.92 Å². The Bertz CT molecular complexity index is 503. The fourth-order valence-electron chi connectivity index (χ4n) is 1.76. The standard InChI is InChI=1S/C11H18N6O/c1-3-5-6-9-13-10(18-15-9)7-17-8(4-2)11(12)14-16-17/h3-7,12H2,1-2H3. The molecule has 98 valence electrons. The Labute approximate surface area is 105 Å². The number of nitrogens with two attached hydrogens (primary N) is 1. The summed E-state index contributed by atoms with van der Waals surface area (Å²) in [5.41, 5.74) is 6.61. The summed E-state index contributed by atoms with van der Waals surface area (Å²) in [6, 6.07) is 0. The largest absolute Gasteiger partial charge is 0.381 e. The first-order chi connectivity index (χ1) is 8.74. The number of hydrogen-bond donors (Lipinski definition) is 1. The minimum absolute atomic E-state index is 0.423. The number of nitrogens with zero attached hydrogens (tertiary/aromatic N) is 5. The van der Waals surface area contributed by atoms with E-state index in [0.29, 0.717) is 18.3 Å². The second-order valence-corrected chi connectivity index (χ2v) is 4.14. The predicted octanol–water partition coefficient (Wildman–Crippen LogP) is 1.20. The summed E-state index contributed by atoms with van der Waals surface area (Å²) in [6.07, 6.45) is 3.80. The highest BCUT2D eigenvalue weighted by Gasteiger charge is 2.12. The van der Waals surface area contributed by atoms with Crippen LogP contribution >= 0.6 is 0 Å². The lowest BCUT2D eigenvalue weighted by Crippen LogP contribution is -2.07. The molecule has 2 heterocycles. The number of hydrogen-bond acceptors (Lipinski definition) is 6. The van der Waals surface area contributed by atoms with E-state index < -0.39 is 0 Å². The molecule has 0 saturated heterocycles. The van der Waals surface area contributed by atoms with E-state index in [0.717, 1.165) is 37.2 Å². The van der Waals surface area contributed by atoms with Crippen LogP contribution in [-0.4, -0.2) is 25.1 Å². The van der Waals surface area contributed by atoms with Crippen molar-refractivity contribution in [2.75, 3.05) is 5.73 Å². The maximum Gasteiger partial charge on any atom is 0.248 e. The molecule has 7 nitrogen and oxygen atoms in total. The Morgan fingerprint density at radius 2 is 2.17 bits per heavy atom. The van der Waals surface area contributed by atoms with E-state index in [4.69, 9.17) is 10.3 Å². The van der Waals surface area contributed by atoms with Crippen molar-refractivity contribution >= 4 is 5.82 Å². The Morgan fingerprint density at radius 3 is 2.89 bits per heavy atom. The van der Waals surface area contributed by atoms with Gasteiger partial charge in [0.15, 0.2) is 11.6 Å². The number of aromatic nitrogens is 5. The highest BCUT2D eigenvalue weighted by Crippen LogP contribution is 2.10. The number of nitrogen functional groups attached to an aromatic ring is 1. The molecule has 2 N–H and O–H groups in total. The average Bonchev–Trinajstić information content (AvgIpc) is 2.95. The van der Waals surface area contributed by atoms with Crippen LogP contribution in [0.4, 0.5) is 5.82 Å². The van der Waals surface area contributed by atoms with Crippen LogP contribution in [-0.2, 0) is 19.4 Å². The summed E-state index contributed by atoms with van der Waals surface area (Å²) < 4.78 is 6.88. The molecule has 0 atom stereocenters. The molecule has 0 aliphatic heterocycles. The fourth-order valence-corrected chi connectivity index (χ4v) is 1.76. The Hall–Kier alpha value is -1.92. The Morgan fingerprint density at radius 1 is 1.33 bits per heavy atom. The van der Waals surface area contributed by atoms with Crippen molar-refractivity contribution in [3.63, 3.8) is 0 Å². The summed E-state index contributed by atoms with van der Waals surface area (Å²) in [5.74, 6) is 1.75. The molecule has 2 rings (SSSR count). The van der Waals surface area contributed by atoms with Crippen LogP contribution in [0.2, 0.25) is 0 Å². The highest BCUT2D eigenvalue weighted by atomic mass is 16.5. The van der Waals surface area contributed by atoms with Gasteiger partial charge in [-0.25, -0.2) is 4.68 Å². The smallest absolute Gasteiger partial charge is 0.248 e. The SMILES string of the molecule is CCCCc1noc(Cn2nnc(N)c2CC)n1. The zero-order valence-corrected chi connectivity index (χ0v) is 10.8. The van der Waals surface area contributed by atoms with Crippen LogP contribution in [0.5, 0.6) is 0 Å². The van der Waals surface area contributed by atoms with Gasteiger partial charge in [-0.3, -0.25) is 0 Å². The first kappa shape index (κ1) is 12.5. The molecular weight excluding hydrogens is 232 g/mol. The molecule has 0 unspecified atom stereocenters. The van der Waals surface area contributed by atoms with Gasteiger partial charge in [0.25, 0.3) is 0 Å². The third-order valence-corrected chi connectivity index (χ3v) is 2.75. The number of unbranched alkanes of at least 4 members (excludes halogenated alkanes) is 1. The zero-order chi connectivity index (χ0) is 13.0. The van der Waals surface area contributed by atoms with E-state index in [1.165, 1.54) is 0 Å². The van der Waals surface area contributed by atoms with E-state index in [2.05, 4.69) is 27.4 Å². The van der Waals surface area contributed by atoms with Crippen molar-refractivity contribution in [1.29, 1.82) is 0 Å². The number of aryl methyl sites for hydroxylation is 1. The molecule has 0 radical (unpaired) electrons. The Balaban J connectivity index is 2.06. The molecule has 2 aromatic rings. The zero-order valence-electron chi connectivity index (χ0n) is 10.8. The van der Waals surface area contributed by atoms with Gasteiger partial charge in [0.1, 0.15) is 6.54 Å². The molecule has 0 spiro atoms. The van der Waals surface area contributed by atoms with Gasteiger partial charge in [0, 0.05) is 6.42 Å². The molecule has 0 aromatic carbocycles. The predicted molar refractivity (Wildman–Crippen MR) is 65.8 cm³/mol. The third-order valence-electron chi connectivity index (χ3n) is 2.75. The summed E-state index contributed by atoms with van der Waals surface area (Å²) in [4.78, 5) is 4.32. The van der Waals surface area contributed by atoms with Crippen LogP contribution in [0.15, 0.2) is 4.52 Å². The summed E-state index contributed by atoms with van der Waals surface area (Å²) in [5, 5.41) is 11.7. The molecule has 0 fully saturated rings. The van der Waals surface area contributed by atoms with E-state index in [1.54, 1.807) is 4.68 Å². The molecule has 2 aromatic heterocycles. The molecule has 18 heavy (non-hydrogen) atoms. The lowest BCUT2D eigenvalue weighted by atomic mass is 10.2. The topological polar surface area (TPSA) is 95.7 Å². The highest BCUT2D eigenvalue weighted by molar-refractivity contribution is 5.32. The summed E-state index contributed by atoms with van der Waals surface area (Å²) in [6.45, 7) is 4.56. The summed E-state index contributed by atoms with van der Waals surface area (Å²) >= 11 is 0. The lowest BCUT2D eigenvalue weighted by Gasteiger charge is -2.00. The number of anilines is 1. The minimum Gasteiger partial charge on any atom is -0.381 e. The van der Waals surface area contributed by atoms with E-state index in [-0.39, 0.29) is 0 Å². The normalized spacial score (nSPS) is 11.0. The van der Waals surface area contributed by atoms with Gasteiger partial charge in [0.05, 0.1) is 5.69 Å². The van der Waals surface area contributed by atoms with Crippen LogP contribution in [0.25, 0.3) is 0 Å². The van der Waals surface area contributed by atoms with Crippen LogP contribution in [0, 0.1) is 0 Å². The van der Waals surface area contributed by atoms with Crippen molar-refractivity contribution < 1.29 is 4.52 Å². The van der Waals surface area contributed by atoms with Gasteiger partial charge in [-0.05, 0) is 12.8 Å². The van der Waals surface area contributed by atoms with E-state index in [9.17, 15) is 0 Å². The van der Waals surface area contributed by atoms with Crippen molar-refractivity contribution in [2.45, 2.75) is 46.1 Å². The molecule has 0 amide bonds. The quantitative estimate of drug-likeness (QED) is 0.827. The molecule has 0 aliphatic rings. The van der Waals surface area contributed by atoms with Crippen LogP contribution in [0.3, 0.4) is 0 Å². The maximum absolute atomic E-state index is 5.72.